The first-order chi connectivity index (χ1) is 13.0. The molecule has 27 heavy (non-hydrogen) atoms. The number of rotatable bonds is 3. The standard InChI is InChI=1S/C16H22ClFN8O/c17-10-6-21-7-11(13(10)25-3-1-20-2-4-25)23-16(27)12-14(19)24-26-8-9(18)5-22-15(12)26/h5-7,12,14-15,20,22,24H,1-4,8,19H2,(H,23,27). The first-order valence-corrected chi connectivity index (χ1v) is 9.21. The van der Waals surface area contributed by atoms with E-state index < -0.39 is 18.2 Å². The summed E-state index contributed by atoms with van der Waals surface area (Å²) in [5, 5.41) is 11.2. The van der Waals surface area contributed by atoms with Crippen molar-refractivity contribution in [3.8, 4) is 0 Å². The van der Waals surface area contributed by atoms with Crippen LogP contribution in [0.3, 0.4) is 0 Å². The maximum Gasteiger partial charge on any atom is 0.234 e. The normalized spacial score (nSPS) is 28.3. The van der Waals surface area contributed by atoms with Crippen molar-refractivity contribution in [2.24, 2.45) is 11.7 Å². The number of fused-ring (bicyclic) bond motifs is 1. The fourth-order valence-corrected chi connectivity index (χ4v) is 3.99. The monoisotopic (exact) mass is 396 g/mol. The molecule has 146 valence electrons. The van der Waals surface area contributed by atoms with Crippen LogP contribution in [0.2, 0.25) is 5.02 Å². The number of nitrogens with two attached hydrogens (primary N) is 1. The maximum absolute atomic E-state index is 13.5. The number of aromatic nitrogens is 1. The number of carbonyl (C=O) groups excluding carboxylic acids is 1. The third-order valence-electron chi connectivity index (χ3n) is 4.98. The van der Waals surface area contributed by atoms with Crippen LogP contribution in [0.4, 0.5) is 15.8 Å². The van der Waals surface area contributed by atoms with Crippen molar-refractivity contribution in [3.63, 3.8) is 0 Å². The Hall–Kier alpha value is -1.98. The van der Waals surface area contributed by atoms with Gasteiger partial charge in [0.2, 0.25) is 5.91 Å². The molecule has 3 unspecified atom stereocenters. The second-order valence-electron chi connectivity index (χ2n) is 6.76. The van der Waals surface area contributed by atoms with Crippen molar-refractivity contribution in [1.29, 1.82) is 0 Å². The molecular formula is C16H22ClFN8O. The van der Waals surface area contributed by atoms with E-state index in [-0.39, 0.29) is 18.3 Å². The lowest BCUT2D eigenvalue weighted by atomic mass is 10.0. The summed E-state index contributed by atoms with van der Waals surface area (Å²) in [5.41, 5.74) is 10.3. The SMILES string of the molecule is NC1NN2CC(F)=CNC2C1C(=O)Nc1cncc(Cl)c1N1CCNCC1. The topological polar surface area (TPSA) is 111 Å². The Bertz CT molecular complexity index is 756. The number of piperazine rings is 1. The van der Waals surface area contributed by atoms with Crippen LogP contribution in [-0.2, 0) is 4.79 Å². The number of carbonyl (C=O) groups is 1. The Morgan fingerprint density at radius 1 is 1.37 bits per heavy atom. The minimum Gasteiger partial charge on any atom is -0.372 e. The molecule has 4 rings (SSSR count). The molecule has 0 saturated carbocycles. The van der Waals surface area contributed by atoms with Gasteiger partial charge in [-0.05, 0) is 0 Å². The van der Waals surface area contributed by atoms with E-state index in [0.29, 0.717) is 10.7 Å². The van der Waals surface area contributed by atoms with Crippen LogP contribution in [-0.4, -0.2) is 61.0 Å². The maximum atomic E-state index is 13.5. The molecule has 0 bridgehead atoms. The van der Waals surface area contributed by atoms with Crippen LogP contribution in [0.25, 0.3) is 0 Å². The van der Waals surface area contributed by atoms with Gasteiger partial charge in [0.15, 0.2) is 0 Å². The van der Waals surface area contributed by atoms with Crippen molar-refractivity contribution in [2.45, 2.75) is 12.3 Å². The number of pyridine rings is 1. The fourth-order valence-electron chi connectivity index (χ4n) is 3.72. The summed E-state index contributed by atoms with van der Waals surface area (Å²) in [4.78, 5) is 19.2. The number of hydrazine groups is 1. The van der Waals surface area contributed by atoms with E-state index in [0.717, 1.165) is 31.9 Å². The highest BCUT2D eigenvalue weighted by atomic mass is 35.5. The highest BCUT2D eigenvalue weighted by Gasteiger charge is 2.45. The average molecular weight is 397 g/mol. The summed E-state index contributed by atoms with van der Waals surface area (Å²) in [6.07, 6.45) is 3.34. The zero-order valence-electron chi connectivity index (χ0n) is 14.6. The lowest BCUT2D eigenvalue weighted by Crippen LogP contribution is -2.51. The average Bonchev–Trinajstić information content (AvgIpc) is 2.97. The van der Waals surface area contributed by atoms with Gasteiger partial charge in [-0.2, -0.15) is 0 Å². The Kier molecular flexibility index (Phi) is 5.15. The molecule has 0 aromatic carbocycles. The number of nitrogens with zero attached hydrogens (tertiary/aromatic N) is 3. The van der Waals surface area contributed by atoms with Gasteiger partial charge in [-0.25, -0.2) is 14.8 Å². The summed E-state index contributed by atoms with van der Waals surface area (Å²) >= 11 is 6.38. The smallest absolute Gasteiger partial charge is 0.234 e. The molecule has 0 aliphatic carbocycles. The van der Waals surface area contributed by atoms with Crippen molar-refractivity contribution < 1.29 is 9.18 Å². The van der Waals surface area contributed by atoms with Gasteiger partial charge in [0, 0.05) is 38.6 Å². The fraction of sp³-hybridized carbons (Fsp3) is 0.500. The quantitative estimate of drug-likeness (QED) is 0.467. The van der Waals surface area contributed by atoms with E-state index in [4.69, 9.17) is 17.3 Å². The summed E-state index contributed by atoms with van der Waals surface area (Å²) in [6.45, 7) is 3.28. The minimum absolute atomic E-state index is 0.0555. The van der Waals surface area contributed by atoms with Crippen LogP contribution < -0.4 is 32.0 Å². The molecular weight excluding hydrogens is 375 g/mol. The molecule has 3 aliphatic heterocycles. The summed E-state index contributed by atoms with van der Waals surface area (Å²) < 4.78 is 13.5. The van der Waals surface area contributed by atoms with Crippen molar-refractivity contribution in [2.75, 3.05) is 42.9 Å². The number of nitrogens with one attached hydrogen (secondary N) is 4. The zero-order chi connectivity index (χ0) is 19.0. The summed E-state index contributed by atoms with van der Waals surface area (Å²) in [7, 11) is 0. The minimum atomic E-state index is -0.642. The van der Waals surface area contributed by atoms with Gasteiger partial charge >= 0.3 is 0 Å². The van der Waals surface area contributed by atoms with Gasteiger partial charge < -0.3 is 26.6 Å². The van der Waals surface area contributed by atoms with Crippen LogP contribution >= 0.6 is 11.6 Å². The second-order valence-corrected chi connectivity index (χ2v) is 7.16. The molecule has 9 nitrogen and oxygen atoms in total. The van der Waals surface area contributed by atoms with Crippen molar-refractivity contribution in [3.05, 3.63) is 29.4 Å². The molecule has 0 radical (unpaired) electrons. The van der Waals surface area contributed by atoms with E-state index in [2.05, 4.69) is 31.3 Å². The van der Waals surface area contributed by atoms with Gasteiger partial charge in [0.05, 0.1) is 35.3 Å². The largest absolute Gasteiger partial charge is 0.372 e. The summed E-state index contributed by atoms with van der Waals surface area (Å²) in [6, 6.07) is 0. The predicted octanol–water partition coefficient (Wildman–Crippen LogP) is -0.455. The zero-order valence-corrected chi connectivity index (χ0v) is 15.3. The molecule has 11 heteroatoms. The molecule has 1 aromatic heterocycles. The van der Waals surface area contributed by atoms with Crippen molar-refractivity contribution in [1.82, 2.24) is 26.1 Å². The van der Waals surface area contributed by atoms with Crippen LogP contribution in [0.15, 0.2) is 24.4 Å². The Labute approximate surface area is 161 Å². The van der Waals surface area contributed by atoms with Gasteiger partial charge in [-0.15, -0.1) is 0 Å². The first-order valence-electron chi connectivity index (χ1n) is 8.83. The molecule has 1 aromatic rings. The van der Waals surface area contributed by atoms with E-state index >= 15 is 0 Å². The van der Waals surface area contributed by atoms with Gasteiger partial charge in [0.25, 0.3) is 0 Å². The molecule has 3 atom stereocenters. The molecule has 1 amide bonds. The number of hydrogen-bond acceptors (Lipinski definition) is 8. The summed E-state index contributed by atoms with van der Waals surface area (Å²) in [5.74, 6) is -1.23. The van der Waals surface area contributed by atoms with Crippen LogP contribution in [0.5, 0.6) is 0 Å². The highest BCUT2D eigenvalue weighted by molar-refractivity contribution is 6.34. The molecule has 3 aliphatic rings. The number of hydrogen-bond donors (Lipinski definition) is 5. The molecule has 6 N–H and O–H groups in total. The molecule has 0 spiro atoms. The first kappa shape index (κ1) is 18.4. The van der Waals surface area contributed by atoms with Gasteiger partial charge in [0.1, 0.15) is 17.9 Å². The second kappa shape index (κ2) is 7.56. The molecule has 4 heterocycles. The lowest BCUT2D eigenvalue weighted by molar-refractivity contribution is -0.121. The third kappa shape index (κ3) is 3.58. The van der Waals surface area contributed by atoms with E-state index in [1.165, 1.54) is 6.20 Å². The van der Waals surface area contributed by atoms with Gasteiger partial charge in [-0.3, -0.25) is 9.78 Å². The van der Waals surface area contributed by atoms with Crippen molar-refractivity contribution >= 4 is 28.9 Å². The Morgan fingerprint density at radius 3 is 2.93 bits per heavy atom. The number of amides is 1. The van der Waals surface area contributed by atoms with Crippen LogP contribution in [0, 0.1) is 5.92 Å². The van der Waals surface area contributed by atoms with Gasteiger partial charge in [-0.1, -0.05) is 11.6 Å². The predicted molar refractivity (Wildman–Crippen MR) is 100 cm³/mol. The third-order valence-corrected chi connectivity index (χ3v) is 5.25. The lowest BCUT2D eigenvalue weighted by Gasteiger charge is -2.32. The van der Waals surface area contributed by atoms with E-state index in [1.807, 2.05) is 0 Å². The Balaban J connectivity index is 1.55. The van der Waals surface area contributed by atoms with E-state index in [1.54, 1.807) is 17.4 Å². The molecule has 2 fully saturated rings. The highest BCUT2D eigenvalue weighted by Crippen LogP contribution is 2.34. The number of anilines is 2. The molecule has 2 saturated heterocycles. The number of halogens is 2. The van der Waals surface area contributed by atoms with E-state index in [9.17, 15) is 9.18 Å². The van der Waals surface area contributed by atoms with Crippen LogP contribution in [0.1, 0.15) is 0 Å². The Morgan fingerprint density at radius 2 is 2.15 bits per heavy atom.